The van der Waals surface area contributed by atoms with E-state index < -0.39 is 0 Å². The number of carbonyl (C=O) groups is 1. The van der Waals surface area contributed by atoms with Crippen molar-refractivity contribution in [3.05, 3.63) is 65.8 Å². The first-order chi connectivity index (χ1) is 9.75. The lowest BCUT2D eigenvalue weighted by Crippen LogP contribution is -2.19. The van der Waals surface area contributed by atoms with Crippen molar-refractivity contribution in [2.75, 3.05) is 0 Å². The highest BCUT2D eigenvalue weighted by molar-refractivity contribution is 5.93. The van der Waals surface area contributed by atoms with Crippen LogP contribution in [0.3, 0.4) is 0 Å². The molecule has 0 aliphatic carbocycles. The van der Waals surface area contributed by atoms with E-state index in [1.807, 2.05) is 43.3 Å². The molecule has 1 amide bonds. The van der Waals surface area contributed by atoms with Crippen LogP contribution in [0.5, 0.6) is 0 Å². The third-order valence-electron chi connectivity index (χ3n) is 2.42. The highest BCUT2D eigenvalue weighted by atomic mass is 16.2. The van der Waals surface area contributed by atoms with Crippen LogP contribution < -0.4 is 5.43 Å². The molecule has 0 saturated heterocycles. The van der Waals surface area contributed by atoms with Crippen LogP contribution in [-0.4, -0.2) is 22.1 Å². The largest absolute Gasteiger partial charge is 0.291 e. The van der Waals surface area contributed by atoms with Gasteiger partial charge in [-0.25, -0.2) is 10.4 Å². The maximum absolute atomic E-state index is 11.6. The highest BCUT2D eigenvalue weighted by Gasteiger charge is 2.03. The van der Waals surface area contributed by atoms with Gasteiger partial charge in [-0.05, 0) is 18.1 Å². The maximum atomic E-state index is 11.6. The summed E-state index contributed by atoms with van der Waals surface area (Å²) in [5.74, 6) is -0.387. The summed E-state index contributed by atoms with van der Waals surface area (Å²) in [4.78, 5) is 19.3. The molecule has 100 valence electrons. The average molecular weight is 266 g/mol. The number of hydrogen-bond acceptors (Lipinski definition) is 4. The number of allylic oxidation sites excluding steroid dienone is 1. The summed E-state index contributed by atoms with van der Waals surface area (Å²) in [5, 5.41) is 3.88. The Bertz CT molecular complexity index is 621. The molecular weight excluding hydrogens is 252 g/mol. The molecule has 5 nitrogen and oxygen atoms in total. The summed E-state index contributed by atoms with van der Waals surface area (Å²) in [6, 6.07) is 9.88. The van der Waals surface area contributed by atoms with E-state index in [2.05, 4.69) is 20.5 Å². The number of hydrogen-bond donors (Lipinski definition) is 1. The van der Waals surface area contributed by atoms with Crippen molar-refractivity contribution >= 4 is 18.2 Å². The molecule has 1 aromatic heterocycles. The predicted octanol–water partition coefficient (Wildman–Crippen LogP) is 2.30. The van der Waals surface area contributed by atoms with Gasteiger partial charge in [-0.3, -0.25) is 9.78 Å². The second-order valence-electron chi connectivity index (χ2n) is 4.09. The zero-order valence-electron chi connectivity index (χ0n) is 11.0. The van der Waals surface area contributed by atoms with E-state index in [9.17, 15) is 4.79 Å². The lowest BCUT2D eigenvalue weighted by Gasteiger charge is -1.98. The van der Waals surface area contributed by atoms with Crippen molar-refractivity contribution in [2.24, 2.45) is 5.10 Å². The Morgan fingerprint density at radius 3 is 2.75 bits per heavy atom. The molecule has 0 aliphatic heterocycles. The van der Waals surface area contributed by atoms with Gasteiger partial charge in [-0.1, -0.05) is 36.4 Å². The van der Waals surface area contributed by atoms with Crippen LogP contribution in [0.2, 0.25) is 0 Å². The summed E-state index contributed by atoms with van der Waals surface area (Å²) in [6.07, 6.45) is 7.91. The van der Waals surface area contributed by atoms with Crippen LogP contribution in [0, 0.1) is 0 Å². The Balaban J connectivity index is 1.94. The zero-order valence-corrected chi connectivity index (χ0v) is 11.0. The number of nitrogens with one attached hydrogen (secondary N) is 1. The Morgan fingerprint density at radius 2 is 2.05 bits per heavy atom. The smallest absolute Gasteiger partial charge is 0.265 e. The predicted molar refractivity (Wildman–Crippen MR) is 78.1 cm³/mol. The number of benzene rings is 1. The van der Waals surface area contributed by atoms with Gasteiger partial charge in [0.25, 0.3) is 5.91 Å². The van der Waals surface area contributed by atoms with E-state index in [1.54, 1.807) is 6.21 Å². The van der Waals surface area contributed by atoms with Gasteiger partial charge in [0.15, 0.2) is 0 Å². The zero-order chi connectivity index (χ0) is 14.2. The Kier molecular flexibility index (Phi) is 4.72. The fourth-order valence-electron chi connectivity index (χ4n) is 1.52. The van der Waals surface area contributed by atoms with E-state index in [-0.39, 0.29) is 11.6 Å². The number of carbonyl (C=O) groups excluding carboxylic acids is 1. The first kappa shape index (κ1) is 13.6. The van der Waals surface area contributed by atoms with E-state index in [4.69, 9.17) is 0 Å². The van der Waals surface area contributed by atoms with Gasteiger partial charge in [0, 0.05) is 12.4 Å². The minimum absolute atomic E-state index is 0.231. The van der Waals surface area contributed by atoms with E-state index in [0.29, 0.717) is 0 Å². The maximum Gasteiger partial charge on any atom is 0.291 e. The molecular formula is C15H14N4O. The Labute approximate surface area is 117 Å². The summed E-state index contributed by atoms with van der Waals surface area (Å²) in [7, 11) is 0. The second kappa shape index (κ2) is 6.94. The van der Waals surface area contributed by atoms with Gasteiger partial charge in [0.05, 0.1) is 12.4 Å². The number of amides is 1. The number of nitrogens with zero attached hydrogens (tertiary/aromatic N) is 3. The molecule has 0 fully saturated rings. The number of hydrazone groups is 1. The van der Waals surface area contributed by atoms with Crippen LogP contribution >= 0.6 is 0 Å². The molecule has 1 N–H and O–H groups in total. The number of rotatable bonds is 4. The SMILES string of the molecule is CC(/C=N\NC(=O)c1cnccn1)=C\c1ccccc1. The average Bonchev–Trinajstić information content (AvgIpc) is 2.49. The standard InChI is InChI=1S/C15H14N4O/c1-12(9-13-5-3-2-4-6-13)10-18-19-15(20)14-11-16-7-8-17-14/h2-11H,1H3,(H,19,20)/b12-9+,18-10-. The molecule has 0 saturated carbocycles. The Morgan fingerprint density at radius 1 is 1.25 bits per heavy atom. The van der Waals surface area contributed by atoms with Gasteiger partial charge >= 0.3 is 0 Å². The normalized spacial score (nSPS) is 11.6. The summed E-state index contributed by atoms with van der Waals surface area (Å²) < 4.78 is 0. The van der Waals surface area contributed by atoms with Crippen molar-refractivity contribution in [3.63, 3.8) is 0 Å². The minimum atomic E-state index is -0.387. The second-order valence-corrected chi connectivity index (χ2v) is 4.09. The molecule has 0 atom stereocenters. The van der Waals surface area contributed by atoms with Crippen LogP contribution in [-0.2, 0) is 0 Å². The number of aromatic nitrogens is 2. The molecule has 1 heterocycles. The first-order valence-electron chi connectivity index (χ1n) is 6.08. The van der Waals surface area contributed by atoms with Crippen LogP contribution in [0.15, 0.2) is 59.6 Å². The quantitative estimate of drug-likeness (QED) is 0.682. The Hall–Kier alpha value is -2.82. The van der Waals surface area contributed by atoms with Gasteiger partial charge in [0.2, 0.25) is 0 Å². The third kappa shape index (κ3) is 4.13. The van der Waals surface area contributed by atoms with Gasteiger partial charge < -0.3 is 0 Å². The first-order valence-corrected chi connectivity index (χ1v) is 6.08. The van der Waals surface area contributed by atoms with E-state index in [0.717, 1.165) is 11.1 Å². The van der Waals surface area contributed by atoms with Crippen molar-refractivity contribution in [3.8, 4) is 0 Å². The van der Waals surface area contributed by atoms with E-state index >= 15 is 0 Å². The fraction of sp³-hybridized carbons (Fsp3) is 0.0667. The van der Waals surface area contributed by atoms with Gasteiger partial charge in [-0.15, -0.1) is 0 Å². The molecule has 0 spiro atoms. The molecule has 0 unspecified atom stereocenters. The summed E-state index contributed by atoms with van der Waals surface area (Å²) in [6.45, 7) is 1.91. The van der Waals surface area contributed by atoms with Crippen molar-refractivity contribution < 1.29 is 4.79 Å². The molecule has 0 bridgehead atoms. The van der Waals surface area contributed by atoms with Crippen molar-refractivity contribution in [1.29, 1.82) is 0 Å². The van der Waals surface area contributed by atoms with Crippen LogP contribution in [0.25, 0.3) is 6.08 Å². The summed E-state index contributed by atoms with van der Waals surface area (Å²) >= 11 is 0. The van der Waals surface area contributed by atoms with Crippen LogP contribution in [0.4, 0.5) is 0 Å². The molecule has 0 aliphatic rings. The highest BCUT2D eigenvalue weighted by Crippen LogP contribution is 2.04. The molecule has 2 rings (SSSR count). The molecule has 0 radical (unpaired) electrons. The molecule has 2 aromatic rings. The molecule has 5 heteroatoms. The molecule has 20 heavy (non-hydrogen) atoms. The fourth-order valence-corrected chi connectivity index (χ4v) is 1.52. The lowest BCUT2D eigenvalue weighted by molar-refractivity contribution is 0.0949. The van der Waals surface area contributed by atoms with Gasteiger partial charge in [0.1, 0.15) is 5.69 Å². The van der Waals surface area contributed by atoms with Gasteiger partial charge in [-0.2, -0.15) is 5.10 Å². The lowest BCUT2D eigenvalue weighted by atomic mass is 10.1. The topological polar surface area (TPSA) is 67.2 Å². The van der Waals surface area contributed by atoms with Crippen LogP contribution in [0.1, 0.15) is 23.0 Å². The van der Waals surface area contributed by atoms with Crippen molar-refractivity contribution in [2.45, 2.75) is 6.92 Å². The molecule has 1 aromatic carbocycles. The third-order valence-corrected chi connectivity index (χ3v) is 2.42. The van der Waals surface area contributed by atoms with E-state index in [1.165, 1.54) is 18.6 Å². The van der Waals surface area contributed by atoms with Crippen molar-refractivity contribution in [1.82, 2.24) is 15.4 Å². The minimum Gasteiger partial charge on any atom is -0.265 e. The monoisotopic (exact) mass is 266 g/mol. The summed E-state index contributed by atoms with van der Waals surface area (Å²) in [5.41, 5.74) is 4.64.